The quantitative estimate of drug-likeness (QED) is 0.496. The Morgan fingerprint density at radius 3 is 2.69 bits per heavy atom. The van der Waals surface area contributed by atoms with Gasteiger partial charge in [-0.2, -0.15) is 0 Å². The molecule has 0 atom stereocenters. The molecule has 0 saturated carbocycles. The van der Waals surface area contributed by atoms with Gasteiger partial charge in [-0.05, 0) is 46.5 Å². The molecule has 0 fully saturated rings. The number of halogens is 2. The van der Waals surface area contributed by atoms with Crippen LogP contribution in [0, 0.1) is 23.8 Å². The van der Waals surface area contributed by atoms with Crippen LogP contribution in [-0.4, -0.2) is 0 Å². The van der Waals surface area contributed by atoms with Crippen molar-refractivity contribution in [2.75, 3.05) is 0 Å². The van der Waals surface area contributed by atoms with E-state index in [9.17, 15) is 8.78 Å². The molecule has 3 rings (SSSR count). The van der Waals surface area contributed by atoms with Crippen molar-refractivity contribution >= 4 is 21.5 Å². The maximum absolute atomic E-state index is 13.7. The zero-order valence-corrected chi connectivity index (χ0v) is 8.22. The summed E-state index contributed by atoms with van der Waals surface area (Å²) in [5, 5.41) is 2.50. The normalized spacial score (nSPS) is 11.1. The highest BCUT2D eigenvalue weighted by molar-refractivity contribution is 6.07. The fourth-order valence-electron chi connectivity index (χ4n) is 1.91. The second-order valence-corrected chi connectivity index (χ2v) is 3.61. The van der Waals surface area contributed by atoms with Crippen LogP contribution in [0.2, 0.25) is 0 Å². The molecular weight excluding hydrogens is 206 g/mol. The van der Waals surface area contributed by atoms with E-state index in [1.807, 2.05) is 0 Å². The minimum Gasteiger partial charge on any atom is -0.206 e. The number of hydrogen-bond donors (Lipinski definition) is 0. The van der Waals surface area contributed by atoms with Crippen molar-refractivity contribution in [1.82, 2.24) is 0 Å². The molecule has 0 aliphatic heterocycles. The Hall–Kier alpha value is -1.96. The highest BCUT2D eigenvalue weighted by Crippen LogP contribution is 2.27. The molecule has 2 heteroatoms. The van der Waals surface area contributed by atoms with Crippen LogP contribution < -0.4 is 0 Å². The van der Waals surface area contributed by atoms with E-state index >= 15 is 0 Å². The van der Waals surface area contributed by atoms with Crippen LogP contribution in [0.25, 0.3) is 21.5 Å². The maximum atomic E-state index is 13.7. The molecule has 0 unspecified atom stereocenters. The van der Waals surface area contributed by atoms with Gasteiger partial charge in [0.2, 0.25) is 0 Å². The standard InChI is InChI=1S/C14H6F2/c15-10-5-6-12-13(8-10)11-4-2-1-3-9(11)7-14(12)16/h2-4,6-8H. The van der Waals surface area contributed by atoms with Gasteiger partial charge in [0, 0.05) is 11.5 Å². The molecule has 0 aromatic heterocycles. The summed E-state index contributed by atoms with van der Waals surface area (Å²) in [6.07, 6.45) is 0. The van der Waals surface area contributed by atoms with Crippen LogP contribution in [0.1, 0.15) is 0 Å². The smallest absolute Gasteiger partial charge is 0.131 e. The van der Waals surface area contributed by atoms with Gasteiger partial charge in [0.05, 0.1) is 0 Å². The molecule has 0 N–H and O–H groups in total. The first kappa shape index (κ1) is 9.28. The molecule has 0 saturated heterocycles. The zero-order valence-electron chi connectivity index (χ0n) is 8.22. The lowest BCUT2D eigenvalue weighted by Gasteiger charge is -2.04. The molecule has 0 amide bonds. The molecule has 3 aromatic carbocycles. The average Bonchev–Trinajstić information content (AvgIpc) is 2.29. The van der Waals surface area contributed by atoms with Crippen molar-refractivity contribution < 1.29 is 8.78 Å². The molecule has 76 valence electrons. The first-order chi connectivity index (χ1) is 7.75. The number of benzene rings is 3. The molecule has 3 aromatic rings. The lowest BCUT2D eigenvalue weighted by atomic mass is 10.0. The summed E-state index contributed by atoms with van der Waals surface area (Å²) in [6.45, 7) is 0. The molecular formula is C14H6F2. The summed E-state index contributed by atoms with van der Waals surface area (Å²) in [7, 11) is 0. The third-order valence-electron chi connectivity index (χ3n) is 2.64. The Labute approximate surface area is 91.1 Å². The van der Waals surface area contributed by atoms with Crippen LogP contribution >= 0.6 is 0 Å². The third kappa shape index (κ3) is 1.27. The monoisotopic (exact) mass is 212 g/mol. The van der Waals surface area contributed by atoms with Gasteiger partial charge in [-0.25, -0.2) is 8.78 Å². The van der Waals surface area contributed by atoms with E-state index < -0.39 is 5.82 Å². The number of hydrogen-bond acceptors (Lipinski definition) is 0. The van der Waals surface area contributed by atoms with Crippen molar-refractivity contribution in [3.63, 3.8) is 0 Å². The van der Waals surface area contributed by atoms with Crippen LogP contribution in [0.5, 0.6) is 0 Å². The average molecular weight is 212 g/mol. The summed E-state index contributed by atoms with van der Waals surface area (Å²) in [6, 6.07) is 14.5. The molecule has 0 nitrogen and oxygen atoms in total. The van der Waals surface area contributed by atoms with Gasteiger partial charge < -0.3 is 0 Å². The van der Waals surface area contributed by atoms with Gasteiger partial charge in [0.1, 0.15) is 11.6 Å². The Morgan fingerprint density at radius 2 is 1.81 bits per heavy atom. The molecule has 2 radical (unpaired) electrons. The summed E-state index contributed by atoms with van der Waals surface area (Å²) in [5.41, 5.74) is 0. The molecule has 0 spiro atoms. The maximum Gasteiger partial charge on any atom is 0.131 e. The summed E-state index contributed by atoms with van der Waals surface area (Å²) < 4.78 is 26.8. The van der Waals surface area contributed by atoms with Gasteiger partial charge in [0.25, 0.3) is 0 Å². The van der Waals surface area contributed by atoms with Crippen molar-refractivity contribution in [1.29, 1.82) is 0 Å². The SMILES string of the molecule is Fc1[c]cc2c(F)cc3c[c]ccc3c2c1. The first-order valence-corrected chi connectivity index (χ1v) is 4.85. The predicted molar refractivity (Wildman–Crippen MR) is 59.0 cm³/mol. The van der Waals surface area contributed by atoms with Crippen molar-refractivity contribution in [3.8, 4) is 0 Å². The van der Waals surface area contributed by atoms with E-state index in [1.54, 1.807) is 18.2 Å². The molecule has 0 aliphatic carbocycles. The number of fused-ring (bicyclic) bond motifs is 3. The Kier molecular flexibility index (Phi) is 1.90. The van der Waals surface area contributed by atoms with Gasteiger partial charge in [0.15, 0.2) is 0 Å². The van der Waals surface area contributed by atoms with Crippen LogP contribution in [0.4, 0.5) is 8.78 Å². The summed E-state index contributed by atoms with van der Waals surface area (Å²) >= 11 is 0. The highest BCUT2D eigenvalue weighted by Gasteiger charge is 2.06. The Bertz CT molecular complexity index is 687. The van der Waals surface area contributed by atoms with E-state index in [0.717, 1.165) is 10.8 Å². The van der Waals surface area contributed by atoms with Gasteiger partial charge >= 0.3 is 0 Å². The zero-order chi connectivity index (χ0) is 11.1. The lowest BCUT2D eigenvalue weighted by Crippen LogP contribution is -1.84. The van der Waals surface area contributed by atoms with Crippen molar-refractivity contribution in [2.24, 2.45) is 0 Å². The third-order valence-corrected chi connectivity index (χ3v) is 2.64. The highest BCUT2D eigenvalue weighted by atomic mass is 19.1. The van der Waals surface area contributed by atoms with E-state index in [4.69, 9.17) is 0 Å². The lowest BCUT2D eigenvalue weighted by molar-refractivity contribution is 0.625. The molecule has 0 bridgehead atoms. The second-order valence-electron chi connectivity index (χ2n) is 3.61. The second kappa shape index (κ2) is 3.27. The predicted octanol–water partition coefficient (Wildman–Crippen LogP) is 3.87. The van der Waals surface area contributed by atoms with Gasteiger partial charge in [-0.3, -0.25) is 0 Å². The minimum absolute atomic E-state index is 0.363. The van der Waals surface area contributed by atoms with Crippen molar-refractivity contribution in [2.45, 2.75) is 0 Å². The van der Waals surface area contributed by atoms with E-state index in [1.165, 1.54) is 18.2 Å². The molecule has 0 heterocycles. The van der Waals surface area contributed by atoms with Crippen LogP contribution in [0.15, 0.2) is 36.4 Å². The fraction of sp³-hybridized carbons (Fsp3) is 0. The van der Waals surface area contributed by atoms with E-state index in [0.29, 0.717) is 10.8 Å². The van der Waals surface area contributed by atoms with Gasteiger partial charge in [-0.15, -0.1) is 0 Å². The Balaban J connectivity index is 2.61. The van der Waals surface area contributed by atoms with E-state index in [2.05, 4.69) is 12.1 Å². The minimum atomic E-state index is -0.479. The summed E-state index contributed by atoms with van der Waals surface area (Å²) in [4.78, 5) is 0. The summed E-state index contributed by atoms with van der Waals surface area (Å²) in [5.74, 6) is -0.842. The first-order valence-electron chi connectivity index (χ1n) is 4.85. The topological polar surface area (TPSA) is 0 Å². The van der Waals surface area contributed by atoms with Gasteiger partial charge in [-0.1, -0.05) is 12.1 Å². The number of rotatable bonds is 0. The fourth-order valence-corrected chi connectivity index (χ4v) is 1.91. The molecule has 16 heavy (non-hydrogen) atoms. The van der Waals surface area contributed by atoms with Crippen LogP contribution in [-0.2, 0) is 0 Å². The largest absolute Gasteiger partial charge is 0.206 e. The van der Waals surface area contributed by atoms with Crippen LogP contribution in [0.3, 0.4) is 0 Å². The Morgan fingerprint density at radius 1 is 0.938 bits per heavy atom. The van der Waals surface area contributed by atoms with Crippen molar-refractivity contribution in [3.05, 3.63) is 60.2 Å². The molecule has 0 aliphatic rings. The van der Waals surface area contributed by atoms with E-state index in [-0.39, 0.29) is 5.82 Å².